The summed E-state index contributed by atoms with van der Waals surface area (Å²) >= 11 is 0. The van der Waals surface area contributed by atoms with Crippen LogP contribution in [0.15, 0.2) is 48.5 Å². The first-order valence-corrected chi connectivity index (χ1v) is 5.49. The molecule has 2 aromatic rings. The fourth-order valence-electron chi connectivity index (χ4n) is 1.69. The molecule has 0 saturated heterocycles. The molecule has 0 aliphatic rings. The molecule has 0 aliphatic heterocycles. The fourth-order valence-corrected chi connectivity index (χ4v) is 1.69. The molecule has 0 amide bonds. The standard InChI is InChI=1S/C15H13NO/c1-12-6-5-9-15(14(12)10-11-16)17-13-7-3-2-4-8-13/h2-9H,10H2,1H3. The van der Waals surface area contributed by atoms with E-state index in [0.29, 0.717) is 6.42 Å². The maximum atomic E-state index is 8.83. The summed E-state index contributed by atoms with van der Waals surface area (Å²) in [7, 11) is 0. The Morgan fingerprint density at radius 3 is 2.53 bits per heavy atom. The molecule has 0 fully saturated rings. The maximum absolute atomic E-state index is 8.83. The van der Waals surface area contributed by atoms with Crippen LogP contribution in [0.25, 0.3) is 0 Å². The van der Waals surface area contributed by atoms with E-state index in [9.17, 15) is 0 Å². The number of hydrogen-bond acceptors (Lipinski definition) is 2. The molecule has 2 rings (SSSR count). The second-order valence-corrected chi connectivity index (χ2v) is 3.80. The van der Waals surface area contributed by atoms with Crippen molar-refractivity contribution in [2.24, 2.45) is 0 Å². The van der Waals surface area contributed by atoms with Crippen LogP contribution in [0.5, 0.6) is 11.5 Å². The predicted octanol–water partition coefficient (Wildman–Crippen LogP) is 3.85. The molecule has 2 aromatic carbocycles. The molecular formula is C15H13NO. The molecule has 0 aromatic heterocycles. The minimum atomic E-state index is 0.370. The van der Waals surface area contributed by atoms with E-state index in [1.54, 1.807) is 0 Å². The average molecular weight is 223 g/mol. The van der Waals surface area contributed by atoms with E-state index in [1.807, 2.05) is 55.5 Å². The van der Waals surface area contributed by atoms with Gasteiger partial charge in [-0.15, -0.1) is 0 Å². The van der Waals surface area contributed by atoms with Crippen LogP contribution in [0.2, 0.25) is 0 Å². The summed E-state index contributed by atoms with van der Waals surface area (Å²) < 4.78 is 5.79. The maximum Gasteiger partial charge on any atom is 0.131 e. The van der Waals surface area contributed by atoms with Crippen molar-refractivity contribution >= 4 is 0 Å². The highest BCUT2D eigenvalue weighted by Crippen LogP contribution is 2.27. The van der Waals surface area contributed by atoms with E-state index in [4.69, 9.17) is 10.00 Å². The summed E-state index contributed by atoms with van der Waals surface area (Å²) in [5.41, 5.74) is 2.04. The molecule has 0 unspecified atom stereocenters. The van der Waals surface area contributed by atoms with Gasteiger partial charge in [0.25, 0.3) is 0 Å². The Labute approximate surface area is 101 Å². The molecule has 0 saturated carbocycles. The SMILES string of the molecule is Cc1cccc(Oc2ccccc2)c1CC#N. The van der Waals surface area contributed by atoms with Crippen molar-refractivity contribution in [1.82, 2.24) is 0 Å². The average Bonchev–Trinajstić information content (AvgIpc) is 2.35. The number of para-hydroxylation sites is 1. The van der Waals surface area contributed by atoms with Crippen molar-refractivity contribution in [2.45, 2.75) is 13.3 Å². The number of aryl methyl sites for hydroxylation is 1. The minimum Gasteiger partial charge on any atom is -0.457 e. The predicted molar refractivity (Wildman–Crippen MR) is 67.0 cm³/mol. The van der Waals surface area contributed by atoms with Crippen molar-refractivity contribution < 1.29 is 4.74 Å². The number of ether oxygens (including phenoxy) is 1. The molecule has 0 N–H and O–H groups in total. The third kappa shape index (κ3) is 2.64. The van der Waals surface area contributed by atoms with Crippen molar-refractivity contribution in [1.29, 1.82) is 5.26 Å². The van der Waals surface area contributed by atoms with Crippen molar-refractivity contribution in [3.05, 3.63) is 59.7 Å². The Hall–Kier alpha value is -2.27. The van der Waals surface area contributed by atoms with E-state index < -0.39 is 0 Å². The number of nitrogens with zero attached hydrogens (tertiary/aromatic N) is 1. The zero-order valence-electron chi connectivity index (χ0n) is 9.68. The monoisotopic (exact) mass is 223 g/mol. The van der Waals surface area contributed by atoms with E-state index in [2.05, 4.69) is 6.07 Å². The van der Waals surface area contributed by atoms with Gasteiger partial charge in [0.15, 0.2) is 0 Å². The Balaban J connectivity index is 2.33. The topological polar surface area (TPSA) is 33.0 Å². The fraction of sp³-hybridized carbons (Fsp3) is 0.133. The Bertz CT molecular complexity index is 541. The highest BCUT2D eigenvalue weighted by molar-refractivity contribution is 5.43. The van der Waals surface area contributed by atoms with E-state index in [0.717, 1.165) is 22.6 Å². The van der Waals surface area contributed by atoms with Crippen molar-refractivity contribution in [3.63, 3.8) is 0 Å². The van der Waals surface area contributed by atoms with Gasteiger partial charge in [0.1, 0.15) is 11.5 Å². The second kappa shape index (κ2) is 5.18. The van der Waals surface area contributed by atoms with E-state index in [1.165, 1.54) is 0 Å². The first kappa shape index (κ1) is 11.2. The zero-order chi connectivity index (χ0) is 12.1. The zero-order valence-corrected chi connectivity index (χ0v) is 9.68. The van der Waals surface area contributed by atoms with Gasteiger partial charge >= 0.3 is 0 Å². The number of benzene rings is 2. The van der Waals surface area contributed by atoms with Crippen LogP contribution < -0.4 is 4.74 Å². The summed E-state index contributed by atoms with van der Waals surface area (Å²) in [5, 5.41) is 8.83. The van der Waals surface area contributed by atoms with Gasteiger partial charge in [0, 0.05) is 5.56 Å². The summed E-state index contributed by atoms with van der Waals surface area (Å²) in [4.78, 5) is 0. The highest BCUT2D eigenvalue weighted by atomic mass is 16.5. The molecule has 0 heterocycles. The van der Waals surface area contributed by atoms with Gasteiger partial charge in [-0.2, -0.15) is 5.26 Å². The molecule has 0 atom stereocenters. The van der Waals surface area contributed by atoms with Gasteiger partial charge < -0.3 is 4.74 Å². The first-order valence-electron chi connectivity index (χ1n) is 5.49. The lowest BCUT2D eigenvalue weighted by molar-refractivity contribution is 0.477. The lowest BCUT2D eigenvalue weighted by atomic mass is 10.1. The van der Waals surface area contributed by atoms with Gasteiger partial charge in [0.05, 0.1) is 12.5 Å². The summed E-state index contributed by atoms with van der Waals surface area (Å²) in [6, 6.07) is 17.6. The third-order valence-electron chi connectivity index (χ3n) is 2.59. The molecule has 0 aliphatic carbocycles. The lowest BCUT2D eigenvalue weighted by Gasteiger charge is -2.11. The normalized spacial score (nSPS) is 9.65. The summed E-state index contributed by atoms with van der Waals surface area (Å²) in [6.45, 7) is 1.99. The third-order valence-corrected chi connectivity index (χ3v) is 2.59. The van der Waals surface area contributed by atoms with Gasteiger partial charge in [-0.3, -0.25) is 0 Å². The van der Waals surface area contributed by atoms with Gasteiger partial charge in [-0.05, 0) is 30.7 Å². The molecule has 17 heavy (non-hydrogen) atoms. The lowest BCUT2D eigenvalue weighted by Crippen LogP contribution is -1.93. The molecule has 2 nitrogen and oxygen atoms in total. The van der Waals surface area contributed by atoms with Gasteiger partial charge in [-0.1, -0.05) is 30.3 Å². The molecular weight excluding hydrogens is 210 g/mol. The number of rotatable bonds is 3. The van der Waals surface area contributed by atoms with Gasteiger partial charge in [-0.25, -0.2) is 0 Å². The summed E-state index contributed by atoms with van der Waals surface area (Å²) in [6.07, 6.45) is 0.370. The van der Waals surface area contributed by atoms with Crippen molar-refractivity contribution in [3.8, 4) is 17.6 Å². The summed E-state index contributed by atoms with van der Waals surface area (Å²) in [5.74, 6) is 1.55. The van der Waals surface area contributed by atoms with Crippen LogP contribution >= 0.6 is 0 Å². The minimum absolute atomic E-state index is 0.370. The largest absolute Gasteiger partial charge is 0.457 e. The Morgan fingerprint density at radius 2 is 1.82 bits per heavy atom. The van der Waals surface area contributed by atoms with Gasteiger partial charge in [0.2, 0.25) is 0 Å². The molecule has 0 radical (unpaired) electrons. The van der Waals surface area contributed by atoms with Crippen LogP contribution in [-0.4, -0.2) is 0 Å². The van der Waals surface area contributed by atoms with Crippen LogP contribution in [0.4, 0.5) is 0 Å². The Morgan fingerprint density at radius 1 is 1.06 bits per heavy atom. The Kier molecular flexibility index (Phi) is 3.42. The number of nitriles is 1. The molecule has 2 heteroatoms. The first-order chi connectivity index (χ1) is 8.31. The smallest absolute Gasteiger partial charge is 0.131 e. The molecule has 84 valence electrons. The second-order valence-electron chi connectivity index (χ2n) is 3.80. The van der Waals surface area contributed by atoms with Crippen molar-refractivity contribution in [2.75, 3.05) is 0 Å². The van der Waals surface area contributed by atoms with E-state index >= 15 is 0 Å². The number of hydrogen-bond donors (Lipinski definition) is 0. The van der Waals surface area contributed by atoms with E-state index in [-0.39, 0.29) is 0 Å². The highest BCUT2D eigenvalue weighted by Gasteiger charge is 2.07. The van der Waals surface area contributed by atoms with Crippen LogP contribution in [0, 0.1) is 18.3 Å². The van der Waals surface area contributed by atoms with Crippen LogP contribution in [0.1, 0.15) is 11.1 Å². The molecule has 0 bridgehead atoms. The quantitative estimate of drug-likeness (QED) is 0.791. The molecule has 0 spiro atoms. The van der Waals surface area contributed by atoms with Crippen LogP contribution in [-0.2, 0) is 6.42 Å². The van der Waals surface area contributed by atoms with Crippen LogP contribution in [0.3, 0.4) is 0 Å².